The maximum atomic E-state index is 3.57. The van der Waals surface area contributed by atoms with Crippen molar-refractivity contribution in [1.29, 1.82) is 0 Å². The first-order valence-corrected chi connectivity index (χ1v) is 8.08. The number of rotatable bonds is 4. The predicted octanol–water partition coefficient (Wildman–Crippen LogP) is 3.13. The minimum Gasteiger partial charge on any atom is -0.316 e. The molecule has 2 nitrogen and oxygen atoms in total. The highest BCUT2D eigenvalue weighted by Gasteiger charge is 2.34. The second-order valence-corrected chi connectivity index (χ2v) is 6.99. The molecule has 106 valence electrons. The summed E-state index contributed by atoms with van der Waals surface area (Å²) < 4.78 is 0. The van der Waals surface area contributed by atoms with Crippen molar-refractivity contribution < 1.29 is 0 Å². The van der Waals surface area contributed by atoms with Gasteiger partial charge in [0.1, 0.15) is 0 Å². The molecule has 2 heterocycles. The quantitative estimate of drug-likeness (QED) is 0.827. The largest absolute Gasteiger partial charge is 0.316 e. The highest BCUT2D eigenvalue weighted by Crippen LogP contribution is 2.32. The third-order valence-corrected chi connectivity index (χ3v) is 5.45. The van der Waals surface area contributed by atoms with Crippen molar-refractivity contribution in [2.45, 2.75) is 52.9 Å². The van der Waals surface area contributed by atoms with Crippen LogP contribution in [-0.2, 0) is 0 Å². The fraction of sp³-hybridized carbons (Fsp3) is 1.00. The van der Waals surface area contributed by atoms with E-state index in [0.717, 1.165) is 11.8 Å². The molecule has 2 aliphatic heterocycles. The molecule has 0 aromatic rings. The number of hydrogen-bond acceptors (Lipinski definition) is 2. The van der Waals surface area contributed by atoms with Gasteiger partial charge in [0.15, 0.2) is 0 Å². The molecule has 2 aliphatic rings. The van der Waals surface area contributed by atoms with E-state index in [1.165, 1.54) is 64.8 Å². The summed E-state index contributed by atoms with van der Waals surface area (Å²) in [5.41, 5.74) is 0.581. The van der Waals surface area contributed by atoms with E-state index in [0.29, 0.717) is 5.41 Å². The minimum absolute atomic E-state index is 0.581. The summed E-state index contributed by atoms with van der Waals surface area (Å²) in [6.07, 6.45) is 7.00. The van der Waals surface area contributed by atoms with Gasteiger partial charge in [-0.15, -0.1) is 0 Å². The molecule has 0 saturated carbocycles. The zero-order valence-corrected chi connectivity index (χ0v) is 12.7. The molecule has 0 radical (unpaired) electrons. The van der Waals surface area contributed by atoms with E-state index in [4.69, 9.17) is 0 Å². The van der Waals surface area contributed by atoms with Crippen LogP contribution in [0, 0.1) is 17.3 Å². The van der Waals surface area contributed by atoms with Crippen LogP contribution in [-0.4, -0.2) is 37.6 Å². The summed E-state index contributed by atoms with van der Waals surface area (Å²) in [5.74, 6) is 1.84. The van der Waals surface area contributed by atoms with Gasteiger partial charge in [-0.3, -0.25) is 0 Å². The van der Waals surface area contributed by atoms with Crippen molar-refractivity contribution in [3.05, 3.63) is 0 Å². The van der Waals surface area contributed by atoms with Gasteiger partial charge in [0.2, 0.25) is 0 Å². The maximum Gasteiger partial charge on any atom is 0.00505 e. The van der Waals surface area contributed by atoms with Crippen LogP contribution in [0.1, 0.15) is 52.9 Å². The van der Waals surface area contributed by atoms with Gasteiger partial charge >= 0.3 is 0 Å². The number of likely N-dealkylation sites (tertiary alicyclic amines) is 1. The van der Waals surface area contributed by atoms with Crippen LogP contribution in [0.5, 0.6) is 0 Å². The Morgan fingerprint density at radius 3 is 2.72 bits per heavy atom. The maximum absolute atomic E-state index is 3.57. The first kappa shape index (κ1) is 14.3. The molecule has 2 fully saturated rings. The topological polar surface area (TPSA) is 15.3 Å². The summed E-state index contributed by atoms with van der Waals surface area (Å²) in [7, 11) is 0. The fourth-order valence-corrected chi connectivity index (χ4v) is 3.82. The van der Waals surface area contributed by atoms with Crippen LogP contribution in [0.15, 0.2) is 0 Å². The Kier molecular flexibility index (Phi) is 5.08. The van der Waals surface area contributed by atoms with Crippen LogP contribution < -0.4 is 5.32 Å². The van der Waals surface area contributed by atoms with E-state index in [9.17, 15) is 0 Å². The van der Waals surface area contributed by atoms with Crippen molar-refractivity contribution in [3.63, 3.8) is 0 Å². The van der Waals surface area contributed by atoms with Crippen molar-refractivity contribution >= 4 is 0 Å². The monoisotopic (exact) mass is 252 g/mol. The smallest absolute Gasteiger partial charge is 0.00505 e. The Bertz CT molecular complexity index is 243. The van der Waals surface area contributed by atoms with E-state index in [1.54, 1.807) is 0 Å². The zero-order chi connectivity index (χ0) is 13.0. The van der Waals surface area contributed by atoms with Gasteiger partial charge in [0.05, 0.1) is 0 Å². The van der Waals surface area contributed by atoms with Crippen molar-refractivity contribution in [1.82, 2.24) is 10.2 Å². The average molecular weight is 252 g/mol. The summed E-state index contributed by atoms with van der Waals surface area (Å²) in [6, 6.07) is 0. The van der Waals surface area contributed by atoms with Gasteiger partial charge in [-0.25, -0.2) is 0 Å². The van der Waals surface area contributed by atoms with Crippen LogP contribution in [0.25, 0.3) is 0 Å². The van der Waals surface area contributed by atoms with Gasteiger partial charge < -0.3 is 10.2 Å². The Balaban J connectivity index is 1.86. The molecule has 0 aromatic heterocycles. The molecule has 2 heteroatoms. The molecule has 2 atom stereocenters. The molecule has 2 saturated heterocycles. The standard InChI is InChI=1S/C16H32N2/c1-4-16(8-9-17-12-16)13-18-10-5-6-15(7-11-18)14(2)3/h14-15,17H,4-13H2,1-3H3. The minimum atomic E-state index is 0.581. The van der Waals surface area contributed by atoms with Crippen LogP contribution >= 0.6 is 0 Å². The average Bonchev–Trinajstić information content (AvgIpc) is 2.69. The number of hydrogen-bond donors (Lipinski definition) is 1. The molecule has 2 unspecified atom stereocenters. The van der Waals surface area contributed by atoms with Gasteiger partial charge in [-0.1, -0.05) is 20.8 Å². The molecular weight excluding hydrogens is 220 g/mol. The molecule has 0 spiro atoms. The molecule has 0 aromatic carbocycles. The Morgan fingerprint density at radius 1 is 1.28 bits per heavy atom. The van der Waals surface area contributed by atoms with E-state index in [2.05, 4.69) is 31.0 Å². The first-order valence-electron chi connectivity index (χ1n) is 8.08. The lowest BCUT2D eigenvalue weighted by Gasteiger charge is -2.33. The normalized spacial score (nSPS) is 35.0. The van der Waals surface area contributed by atoms with Gasteiger partial charge in [-0.2, -0.15) is 0 Å². The Hall–Kier alpha value is -0.0800. The van der Waals surface area contributed by atoms with Crippen LogP contribution in [0.3, 0.4) is 0 Å². The van der Waals surface area contributed by atoms with Crippen molar-refractivity contribution in [3.8, 4) is 0 Å². The first-order chi connectivity index (χ1) is 8.65. The Morgan fingerprint density at radius 2 is 2.11 bits per heavy atom. The molecule has 0 aliphatic carbocycles. The Labute approximate surface area is 114 Å². The SMILES string of the molecule is CCC1(CN2CCCC(C(C)C)CC2)CCNC1. The summed E-state index contributed by atoms with van der Waals surface area (Å²) >= 11 is 0. The van der Waals surface area contributed by atoms with Gasteiger partial charge in [0, 0.05) is 13.1 Å². The molecule has 0 bridgehead atoms. The van der Waals surface area contributed by atoms with E-state index in [1.807, 2.05) is 0 Å². The second kappa shape index (κ2) is 6.38. The third-order valence-electron chi connectivity index (χ3n) is 5.45. The molecule has 1 N–H and O–H groups in total. The van der Waals surface area contributed by atoms with Gasteiger partial charge in [-0.05, 0) is 69.0 Å². The predicted molar refractivity (Wildman–Crippen MR) is 78.8 cm³/mol. The van der Waals surface area contributed by atoms with E-state index >= 15 is 0 Å². The highest BCUT2D eigenvalue weighted by molar-refractivity contribution is 4.90. The summed E-state index contributed by atoms with van der Waals surface area (Å²) in [4.78, 5) is 2.76. The summed E-state index contributed by atoms with van der Waals surface area (Å²) in [5, 5.41) is 3.57. The van der Waals surface area contributed by atoms with Crippen LogP contribution in [0.2, 0.25) is 0 Å². The molecule has 18 heavy (non-hydrogen) atoms. The summed E-state index contributed by atoms with van der Waals surface area (Å²) in [6.45, 7) is 13.7. The highest BCUT2D eigenvalue weighted by atomic mass is 15.1. The van der Waals surface area contributed by atoms with Crippen molar-refractivity contribution in [2.24, 2.45) is 17.3 Å². The second-order valence-electron chi connectivity index (χ2n) is 6.99. The van der Waals surface area contributed by atoms with Crippen molar-refractivity contribution in [2.75, 3.05) is 32.7 Å². The van der Waals surface area contributed by atoms with E-state index in [-0.39, 0.29) is 0 Å². The fourth-order valence-electron chi connectivity index (χ4n) is 3.82. The number of nitrogens with zero attached hydrogens (tertiary/aromatic N) is 1. The van der Waals surface area contributed by atoms with Crippen LogP contribution in [0.4, 0.5) is 0 Å². The number of nitrogens with one attached hydrogen (secondary N) is 1. The lowest BCUT2D eigenvalue weighted by molar-refractivity contribution is 0.160. The zero-order valence-electron chi connectivity index (χ0n) is 12.7. The molecule has 0 amide bonds. The van der Waals surface area contributed by atoms with E-state index < -0.39 is 0 Å². The lowest BCUT2D eigenvalue weighted by Crippen LogP contribution is -2.39. The molecule has 2 rings (SSSR count). The molecular formula is C16H32N2. The lowest BCUT2D eigenvalue weighted by atomic mass is 9.83. The van der Waals surface area contributed by atoms with Gasteiger partial charge in [0.25, 0.3) is 0 Å². The third kappa shape index (κ3) is 3.48.